The number of nitrogens with two attached hydrogens (primary N) is 2. The van der Waals surface area contributed by atoms with E-state index in [0.29, 0.717) is 0 Å². The van der Waals surface area contributed by atoms with Gasteiger partial charge in [0.15, 0.2) is 0 Å². The number of fused-ring (bicyclic) bond motifs is 3. The Hall–Kier alpha value is -2.90. The van der Waals surface area contributed by atoms with Crippen LogP contribution in [0.4, 0.5) is 4.79 Å². The number of aliphatic carboxylic acids is 1. The van der Waals surface area contributed by atoms with Crippen LogP contribution in [0, 0.1) is 0 Å². The summed E-state index contributed by atoms with van der Waals surface area (Å²) in [6.45, 7) is -0.0574. The highest BCUT2D eigenvalue weighted by Crippen LogP contribution is 2.44. The maximum Gasteiger partial charge on any atom is 0.407 e. The summed E-state index contributed by atoms with van der Waals surface area (Å²) in [4.78, 5) is 23.4. The molecule has 0 unspecified atom stereocenters. The van der Waals surface area contributed by atoms with Crippen LogP contribution < -0.4 is 16.8 Å². The lowest BCUT2D eigenvalue weighted by Crippen LogP contribution is -2.59. The largest absolute Gasteiger partial charge is 0.481 e. The molecule has 0 bridgehead atoms. The summed E-state index contributed by atoms with van der Waals surface area (Å²) in [5.74, 6) is -1.17. The number of carboxylic acids is 1. The summed E-state index contributed by atoms with van der Waals surface area (Å²) in [6.07, 6.45) is -1.10. The minimum atomic E-state index is -1.23. The average molecular weight is 369 g/mol. The van der Waals surface area contributed by atoms with E-state index in [1.54, 1.807) is 0 Å². The van der Waals surface area contributed by atoms with Crippen LogP contribution in [0.25, 0.3) is 11.1 Å². The second kappa shape index (κ2) is 7.77. The highest BCUT2D eigenvalue weighted by atomic mass is 16.5. The molecule has 7 heteroatoms. The van der Waals surface area contributed by atoms with Crippen LogP contribution in [0.3, 0.4) is 0 Å². The van der Waals surface area contributed by atoms with Crippen LogP contribution in [0.5, 0.6) is 0 Å². The normalized spacial score (nSPS) is 13.0. The molecule has 6 N–H and O–H groups in total. The summed E-state index contributed by atoms with van der Waals surface area (Å²) < 4.78 is 5.43. The predicted molar refractivity (Wildman–Crippen MR) is 101 cm³/mol. The third-order valence-corrected chi connectivity index (χ3v) is 4.98. The van der Waals surface area contributed by atoms with Gasteiger partial charge in [-0.05, 0) is 22.3 Å². The molecular weight excluding hydrogens is 346 g/mol. The van der Waals surface area contributed by atoms with Crippen molar-refractivity contribution in [1.29, 1.82) is 0 Å². The molecule has 0 fully saturated rings. The van der Waals surface area contributed by atoms with Crippen LogP contribution in [-0.2, 0) is 9.53 Å². The van der Waals surface area contributed by atoms with E-state index in [4.69, 9.17) is 21.3 Å². The molecule has 0 saturated heterocycles. The number of hydrogen-bond acceptors (Lipinski definition) is 5. The van der Waals surface area contributed by atoms with Gasteiger partial charge in [0, 0.05) is 19.0 Å². The van der Waals surface area contributed by atoms with Crippen molar-refractivity contribution in [2.24, 2.45) is 11.5 Å². The summed E-state index contributed by atoms with van der Waals surface area (Å²) >= 11 is 0. The molecule has 0 aromatic heterocycles. The number of benzene rings is 2. The predicted octanol–water partition coefficient (Wildman–Crippen LogP) is 1.66. The highest BCUT2D eigenvalue weighted by Gasteiger charge is 2.34. The standard InChI is InChI=1S/C20H23N3O4/c21-11-20(12-22,9-18(24)25)23-19(26)27-10-17-15-7-3-1-5-13(15)14-6-2-4-8-16(14)17/h1-8,17H,9-12,21-22H2,(H,23,26)(H,24,25). The summed E-state index contributed by atoms with van der Waals surface area (Å²) in [6, 6.07) is 16.0. The topological polar surface area (TPSA) is 128 Å². The van der Waals surface area contributed by atoms with Gasteiger partial charge in [-0.15, -0.1) is 0 Å². The fourth-order valence-electron chi connectivity index (χ4n) is 3.51. The number of hydrogen-bond donors (Lipinski definition) is 4. The summed E-state index contributed by atoms with van der Waals surface area (Å²) in [5, 5.41) is 11.6. The Labute approximate surface area is 157 Å². The molecule has 2 aromatic carbocycles. The van der Waals surface area contributed by atoms with Crippen LogP contribution in [0.15, 0.2) is 48.5 Å². The molecule has 142 valence electrons. The van der Waals surface area contributed by atoms with E-state index in [0.717, 1.165) is 22.3 Å². The van der Waals surface area contributed by atoms with Crippen molar-refractivity contribution in [2.45, 2.75) is 17.9 Å². The molecule has 3 rings (SSSR count). The first-order chi connectivity index (χ1) is 13.0. The molecule has 0 atom stereocenters. The Morgan fingerprint density at radius 2 is 1.52 bits per heavy atom. The zero-order chi connectivity index (χ0) is 19.4. The van der Waals surface area contributed by atoms with Gasteiger partial charge in [-0.3, -0.25) is 4.79 Å². The smallest absolute Gasteiger partial charge is 0.407 e. The van der Waals surface area contributed by atoms with E-state index in [9.17, 15) is 9.59 Å². The number of alkyl carbamates (subject to hydrolysis) is 1. The molecular formula is C20H23N3O4. The molecule has 1 aliphatic carbocycles. The Kier molecular flexibility index (Phi) is 5.43. The van der Waals surface area contributed by atoms with E-state index >= 15 is 0 Å². The number of amides is 1. The number of carbonyl (C=O) groups is 2. The van der Waals surface area contributed by atoms with Crippen LogP contribution >= 0.6 is 0 Å². The number of carboxylic acid groups (broad SMARTS) is 1. The van der Waals surface area contributed by atoms with E-state index < -0.39 is 17.6 Å². The molecule has 0 spiro atoms. The van der Waals surface area contributed by atoms with E-state index in [2.05, 4.69) is 17.4 Å². The molecule has 27 heavy (non-hydrogen) atoms. The average Bonchev–Trinajstić information content (AvgIpc) is 2.99. The van der Waals surface area contributed by atoms with E-state index in [1.165, 1.54) is 0 Å². The second-order valence-electron chi connectivity index (χ2n) is 6.71. The second-order valence-corrected chi connectivity index (χ2v) is 6.71. The molecule has 1 aliphatic rings. The molecule has 0 radical (unpaired) electrons. The Bertz CT molecular complexity index is 803. The van der Waals surface area contributed by atoms with Crippen molar-refractivity contribution < 1.29 is 19.4 Å². The van der Waals surface area contributed by atoms with E-state index in [-0.39, 0.29) is 32.0 Å². The fraction of sp³-hybridized carbons (Fsp3) is 0.300. The van der Waals surface area contributed by atoms with Crippen LogP contribution in [0.1, 0.15) is 23.5 Å². The lowest BCUT2D eigenvalue weighted by Gasteiger charge is -2.30. The number of nitrogens with one attached hydrogen (secondary N) is 1. The first-order valence-corrected chi connectivity index (χ1v) is 8.75. The summed E-state index contributed by atoms with van der Waals surface area (Å²) in [5.41, 5.74) is 14.5. The SMILES string of the molecule is NCC(CN)(CC(=O)O)NC(=O)OCC1c2ccccc2-c2ccccc21. The van der Waals surface area contributed by atoms with Crippen molar-refractivity contribution in [1.82, 2.24) is 5.32 Å². The zero-order valence-corrected chi connectivity index (χ0v) is 14.9. The fourth-order valence-corrected chi connectivity index (χ4v) is 3.51. The molecule has 2 aromatic rings. The van der Waals surface area contributed by atoms with Crippen LogP contribution in [0.2, 0.25) is 0 Å². The quantitative estimate of drug-likeness (QED) is 0.588. The van der Waals surface area contributed by atoms with Gasteiger partial charge >= 0.3 is 12.1 Å². The van der Waals surface area contributed by atoms with Gasteiger partial charge in [0.1, 0.15) is 6.61 Å². The maximum absolute atomic E-state index is 12.3. The van der Waals surface area contributed by atoms with E-state index in [1.807, 2.05) is 36.4 Å². The lowest BCUT2D eigenvalue weighted by molar-refractivity contribution is -0.138. The first-order valence-electron chi connectivity index (χ1n) is 8.75. The number of carbonyl (C=O) groups excluding carboxylic acids is 1. The molecule has 1 amide bonds. The summed E-state index contributed by atoms with van der Waals surface area (Å²) in [7, 11) is 0. The van der Waals surface area contributed by atoms with Crippen molar-refractivity contribution in [3.05, 3.63) is 59.7 Å². The molecule has 0 saturated carbocycles. The van der Waals surface area contributed by atoms with Gasteiger partial charge in [-0.1, -0.05) is 48.5 Å². The maximum atomic E-state index is 12.3. The Morgan fingerprint density at radius 1 is 1.00 bits per heavy atom. The van der Waals surface area contributed by atoms with Gasteiger partial charge < -0.3 is 26.6 Å². The number of rotatable bonds is 7. The van der Waals surface area contributed by atoms with Crippen molar-refractivity contribution in [2.75, 3.05) is 19.7 Å². The minimum absolute atomic E-state index is 0.0761. The Morgan fingerprint density at radius 3 is 2.00 bits per heavy atom. The van der Waals surface area contributed by atoms with Crippen molar-refractivity contribution >= 4 is 12.1 Å². The van der Waals surface area contributed by atoms with Crippen molar-refractivity contribution in [3.8, 4) is 11.1 Å². The molecule has 0 aliphatic heterocycles. The van der Waals surface area contributed by atoms with Gasteiger partial charge in [-0.25, -0.2) is 4.79 Å². The monoisotopic (exact) mass is 369 g/mol. The lowest BCUT2D eigenvalue weighted by atomic mass is 9.95. The van der Waals surface area contributed by atoms with Gasteiger partial charge in [0.05, 0.1) is 12.0 Å². The minimum Gasteiger partial charge on any atom is -0.481 e. The number of ether oxygens (including phenoxy) is 1. The van der Waals surface area contributed by atoms with Crippen LogP contribution in [-0.4, -0.2) is 42.4 Å². The Balaban J connectivity index is 1.73. The highest BCUT2D eigenvalue weighted by molar-refractivity contribution is 5.79. The molecule has 7 nitrogen and oxygen atoms in total. The van der Waals surface area contributed by atoms with Gasteiger partial charge in [-0.2, -0.15) is 0 Å². The van der Waals surface area contributed by atoms with Gasteiger partial charge in [0.2, 0.25) is 0 Å². The first kappa shape index (κ1) is 18.9. The van der Waals surface area contributed by atoms with Crippen molar-refractivity contribution in [3.63, 3.8) is 0 Å². The third-order valence-electron chi connectivity index (χ3n) is 4.98. The van der Waals surface area contributed by atoms with Gasteiger partial charge in [0.25, 0.3) is 0 Å². The third kappa shape index (κ3) is 3.79. The zero-order valence-electron chi connectivity index (χ0n) is 14.9. The molecule has 0 heterocycles.